The van der Waals surface area contributed by atoms with Gasteiger partial charge in [0.1, 0.15) is 0 Å². The van der Waals surface area contributed by atoms with E-state index >= 15 is 0 Å². The Bertz CT molecular complexity index is 184. The summed E-state index contributed by atoms with van der Waals surface area (Å²) >= 11 is 0. The Labute approximate surface area is 81.5 Å². The van der Waals surface area contributed by atoms with E-state index in [1.165, 1.54) is 32.5 Å². The summed E-state index contributed by atoms with van der Waals surface area (Å²) in [4.78, 5) is 2.74. The molecule has 3 heterocycles. The summed E-state index contributed by atoms with van der Waals surface area (Å²) in [5, 5.41) is 0. The van der Waals surface area contributed by atoms with Crippen LogP contribution in [0.25, 0.3) is 0 Å². The molecule has 0 radical (unpaired) electrons. The predicted octanol–water partition coefficient (Wildman–Crippen LogP) is 2.37. The van der Waals surface area contributed by atoms with Gasteiger partial charge in [-0.05, 0) is 42.4 Å². The zero-order valence-corrected chi connectivity index (χ0v) is 8.92. The molecule has 0 spiro atoms. The van der Waals surface area contributed by atoms with Crippen LogP contribution >= 0.6 is 0 Å². The molecule has 2 atom stereocenters. The van der Waals surface area contributed by atoms with E-state index in [1.807, 2.05) is 0 Å². The van der Waals surface area contributed by atoms with Crippen LogP contribution < -0.4 is 0 Å². The van der Waals surface area contributed by atoms with Gasteiger partial charge in [-0.25, -0.2) is 0 Å². The molecule has 4 aliphatic rings. The molecular weight excluding hydrogens is 158 g/mol. The number of nitrogens with zero attached hydrogens (tertiary/aromatic N) is 1. The number of piperidine rings is 3. The van der Waals surface area contributed by atoms with E-state index in [2.05, 4.69) is 18.7 Å². The molecule has 4 bridgehead atoms. The summed E-state index contributed by atoms with van der Waals surface area (Å²) in [6.45, 7) is 9.14. The Kier molecular flexibility index (Phi) is 1.59. The van der Waals surface area contributed by atoms with Crippen LogP contribution in [-0.4, -0.2) is 24.5 Å². The highest BCUT2D eigenvalue weighted by Crippen LogP contribution is 2.54. The number of hydrogen-bond acceptors (Lipinski definition) is 1. The fourth-order valence-electron chi connectivity index (χ4n) is 4.31. The molecule has 2 unspecified atom stereocenters. The first-order valence-electron chi connectivity index (χ1n) is 5.90. The van der Waals surface area contributed by atoms with Gasteiger partial charge in [0, 0.05) is 19.6 Å². The topological polar surface area (TPSA) is 3.24 Å². The van der Waals surface area contributed by atoms with Crippen molar-refractivity contribution in [2.45, 2.75) is 33.1 Å². The van der Waals surface area contributed by atoms with Crippen molar-refractivity contribution in [2.75, 3.05) is 19.6 Å². The summed E-state index contributed by atoms with van der Waals surface area (Å²) in [6.07, 6.45) is 4.63. The van der Waals surface area contributed by atoms with Gasteiger partial charge in [-0.15, -0.1) is 0 Å². The monoisotopic (exact) mass is 179 g/mol. The highest BCUT2D eigenvalue weighted by Gasteiger charge is 2.51. The smallest absolute Gasteiger partial charge is 0.00409 e. The Morgan fingerprint density at radius 1 is 1.15 bits per heavy atom. The molecule has 0 aromatic rings. The van der Waals surface area contributed by atoms with E-state index in [1.54, 1.807) is 6.42 Å². The van der Waals surface area contributed by atoms with Crippen molar-refractivity contribution in [2.24, 2.45) is 23.2 Å². The molecule has 13 heavy (non-hydrogen) atoms. The lowest BCUT2D eigenvalue weighted by atomic mass is 9.56. The van der Waals surface area contributed by atoms with Gasteiger partial charge in [-0.2, -0.15) is 0 Å². The van der Waals surface area contributed by atoms with Crippen LogP contribution in [0.3, 0.4) is 0 Å². The highest BCUT2D eigenvalue weighted by molar-refractivity contribution is 5.03. The predicted molar refractivity (Wildman–Crippen MR) is 54.5 cm³/mol. The lowest BCUT2D eigenvalue weighted by Gasteiger charge is -2.60. The largest absolute Gasteiger partial charge is 0.302 e. The Balaban J connectivity index is 1.91. The molecule has 3 aliphatic heterocycles. The van der Waals surface area contributed by atoms with Crippen molar-refractivity contribution in [1.29, 1.82) is 0 Å². The minimum absolute atomic E-state index is 0.726. The third kappa shape index (κ3) is 1.09. The van der Waals surface area contributed by atoms with E-state index in [4.69, 9.17) is 0 Å². The summed E-state index contributed by atoms with van der Waals surface area (Å²) in [7, 11) is 0. The van der Waals surface area contributed by atoms with Crippen LogP contribution in [0.2, 0.25) is 0 Å². The molecule has 0 aromatic carbocycles. The maximum Gasteiger partial charge on any atom is 0.00409 e. The van der Waals surface area contributed by atoms with Gasteiger partial charge in [-0.1, -0.05) is 13.8 Å². The summed E-state index contributed by atoms with van der Waals surface area (Å²) < 4.78 is 0. The second-order valence-electron chi connectivity index (χ2n) is 6.09. The molecule has 1 saturated carbocycles. The minimum atomic E-state index is 0.726. The zero-order valence-electron chi connectivity index (χ0n) is 8.92. The van der Waals surface area contributed by atoms with Crippen molar-refractivity contribution in [3.8, 4) is 0 Å². The molecule has 1 nitrogen and oxygen atoms in total. The average Bonchev–Trinajstić information content (AvgIpc) is 2.00. The molecular formula is C12H21N. The maximum absolute atomic E-state index is 2.74. The van der Waals surface area contributed by atoms with Gasteiger partial charge in [0.25, 0.3) is 0 Å². The normalized spacial score (nSPS) is 53.3. The van der Waals surface area contributed by atoms with Crippen LogP contribution in [0.15, 0.2) is 0 Å². The number of rotatable bonds is 1. The minimum Gasteiger partial charge on any atom is -0.302 e. The second kappa shape index (κ2) is 2.50. The Hall–Kier alpha value is -0.0400. The van der Waals surface area contributed by atoms with E-state index in [0.29, 0.717) is 0 Å². The number of hydrogen-bond donors (Lipinski definition) is 0. The van der Waals surface area contributed by atoms with Crippen LogP contribution in [-0.2, 0) is 0 Å². The van der Waals surface area contributed by atoms with Crippen molar-refractivity contribution < 1.29 is 0 Å². The first-order chi connectivity index (χ1) is 6.18. The first-order valence-corrected chi connectivity index (χ1v) is 5.90. The fourth-order valence-corrected chi connectivity index (χ4v) is 4.31. The van der Waals surface area contributed by atoms with Gasteiger partial charge in [0.2, 0.25) is 0 Å². The average molecular weight is 179 g/mol. The third-order valence-corrected chi connectivity index (χ3v) is 4.85. The first kappa shape index (κ1) is 8.28. The standard InChI is InChI=1S/C12H21N/c1-9(2)12-4-10-3-11(5-12)7-13(6-10)8-12/h9-11H,3-8H2,1-2H3. The molecule has 74 valence electrons. The van der Waals surface area contributed by atoms with Gasteiger partial charge in [0.05, 0.1) is 0 Å². The molecule has 0 amide bonds. The highest BCUT2D eigenvalue weighted by atomic mass is 15.2. The van der Waals surface area contributed by atoms with Crippen molar-refractivity contribution >= 4 is 0 Å². The van der Waals surface area contributed by atoms with E-state index in [0.717, 1.165) is 23.2 Å². The third-order valence-electron chi connectivity index (χ3n) is 4.85. The fraction of sp³-hybridized carbons (Fsp3) is 1.00. The lowest BCUT2D eigenvalue weighted by Crippen LogP contribution is -2.60. The second-order valence-corrected chi connectivity index (χ2v) is 6.09. The van der Waals surface area contributed by atoms with E-state index in [-0.39, 0.29) is 0 Å². The zero-order chi connectivity index (χ0) is 9.05. The van der Waals surface area contributed by atoms with Gasteiger partial charge >= 0.3 is 0 Å². The molecule has 1 aliphatic carbocycles. The molecule has 0 N–H and O–H groups in total. The van der Waals surface area contributed by atoms with Crippen LogP contribution in [0.5, 0.6) is 0 Å². The van der Waals surface area contributed by atoms with Crippen molar-refractivity contribution in [3.05, 3.63) is 0 Å². The van der Waals surface area contributed by atoms with E-state index < -0.39 is 0 Å². The van der Waals surface area contributed by atoms with Crippen molar-refractivity contribution in [1.82, 2.24) is 4.90 Å². The van der Waals surface area contributed by atoms with Crippen molar-refractivity contribution in [3.63, 3.8) is 0 Å². The molecule has 3 saturated heterocycles. The van der Waals surface area contributed by atoms with Gasteiger partial charge < -0.3 is 4.90 Å². The molecule has 0 aromatic heterocycles. The Morgan fingerprint density at radius 3 is 2.23 bits per heavy atom. The lowest BCUT2D eigenvalue weighted by molar-refractivity contribution is -0.101. The molecule has 4 fully saturated rings. The van der Waals surface area contributed by atoms with Crippen LogP contribution in [0, 0.1) is 23.2 Å². The summed E-state index contributed by atoms with van der Waals surface area (Å²) in [5.41, 5.74) is 0.726. The quantitative estimate of drug-likeness (QED) is 0.597. The SMILES string of the molecule is CC(C)C12CC3CC(CN(C3)C1)C2. The van der Waals surface area contributed by atoms with Gasteiger partial charge in [0.15, 0.2) is 0 Å². The Morgan fingerprint density at radius 2 is 1.77 bits per heavy atom. The summed E-state index contributed by atoms with van der Waals surface area (Å²) in [6, 6.07) is 0. The van der Waals surface area contributed by atoms with Gasteiger partial charge in [-0.3, -0.25) is 0 Å². The van der Waals surface area contributed by atoms with Crippen LogP contribution in [0.1, 0.15) is 33.1 Å². The van der Waals surface area contributed by atoms with E-state index in [9.17, 15) is 0 Å². The van der Waals surface area contributed by atoms with Crippen LogP contribution in [0.4, 0.5) is 0 Å². The molecule has 4 rings (SSSR count). The maximum atomic E-state index is 2.74. The summed E-state index contributed by atoms with van der Waals surface area (Å²) in [5.74, 6) is 3.02. The molecule has 1 heteroatoms.